The van der Waals surface area contributed by atoms with Crippen molar-refractivity contribution in [1.29, 1.82) is 0 Å². The first-order valence-electron chi connectivity index (χ1n) is 15.8. The molecule has 0 atom stereocenters. The second-order valence-electron chi connectivity index (χ2n) is 12.6. The number of carbonyl (C=O) groups excluding carboxylic acids is 4. The molecule has 2 aromatic rings. The summed E-state index contributed by atoms with van der Waals surface area (Å²) >= 11 is 0. The summed E-state index contributed by atoms with van der Waals surface area (Å²) in [4.78, 5) is 49.6. The van der Waals surface area contributed by atoms with E-state index in [1.807, 2.05) is 58.0 Å². The van der Waals surface area contributed by atoms with E-state index in [1.165, 1.54) is 5.56 Å². The fraction of sp³-hybridized carbons (Fsp3) is 0.543. The van der Waals surface area contributed by atoms with Crippen LogP contribution in [-0.2, 0) is 36.8 Å². The SMILES string of the molecule is CCCCCNC(=O)C(C)(C)CC(C)(C)NC(=O)CCc1ccc(NC(=O)COCC(=O)NCCCc2ccccc2)cc1. The fourth-order valence-electron chi connectivity index (χ4n) is 5.15. The number of rotatable bonds is 20. The highest BCUT2D eigenvalue weighted by Crippen LogP contribution is 2.28. The molecule has 2 rings (SSSR count). The van der Waals surface area contributed by atoms with Crippen molar-refractivity contribution in [2.45, 2.75) is 91.5 Å². The minimum atomic E-state index is -0.608. The van der Waals surface area contributed by atoms with Gasteiger partial charge in [0.15, 0.2) is 0 Å². The maximum Gasteiger partial charge on any atom is 0.250 e. The summed E-state index contributed by atoms with van der Waals surface area (Å²) in [5.74, 6) is -0.683. The molecule has 0 unspecified atom stereocenters. The van der Waals surface area contributed by atoms with Crippen molar-refractivity contribution < 1.29 is 23.9 Å². The molecule has 0 aliphatic rings. The van der Waals surface area contributed by atoms with Crippen LogP contribution in [0, 0.1) is 5.41 Å². The van der Waals surface area contributed by atoms with Gasteiger partial charge in [0.1, 0.15) is 13.2 Å². The van der Waals surface area contributed by atoms with Crippen molar-refractivity contribution in [3.8, 4) is 0 Å². The first-order chi connectivity index (χ1) is 20.9. The molecule has 0 aliphatic heterocycles. The van der Waals surface area contributed by atoms with Crippen LogP contribution in [0.1, 0.15) is 84.3 Å². The molecule has 44 heavy (non-hydrogen) atoms. The average molecular weight is 609 g/mol. The fourth-order valence-corrected chi connectivity index (χ4v) is 5.15. The highest BCUT2D eigenvalue weighted by atomic mass is 16.5. The largest absolute Gasteiger partial charge is 0.362 e. The lowest BCUT2D eigenvalue weighted by molar-refractivity contribution is -0.131. The molecule has 0 saturated heterocycles. The Labute approximate surface area is 263 Å². The van der Waals surface area contributed by atoms with Crippen molar-refractivity contribution in [2.75, 3.05) is 31.6 Å². The summed E-state index contributed by atoms with van der Waals surface area (Å²) in [6.07, 6.45) is 6.24. The van der Waals surface area contributed by atoms with Crippen LogP contribution in [0.2, 0.25) is 0 Å². The predicted octanol–water partition coefficient (Wildman–Crippen LogP) is 4.94. The molecular formula is C35H52N4O5. The number of nitrogens with one attached hydrogen (secondary N) is 4. The Morgan fingerprint density at radius 2 is 1.34 bits per heavy atom. The Bertz CT molecular complexity index is 1180. The van der Waals surface area contributed by atoms with Crippen LogP contribution in [0.4, 0.5) is 5.69 Å². The van der Waals surface area contributed by atoms with Gasteiger partial charge in [-0.25, -0.2) is 0 Å². The molecule has 0 radical (unpaired) electrons. The summed E-state index contributed by atoms with van der Waals surface area (Å²) in [6, 6.07) is 17.4. The van der Waals surface area contributed by atoms with E-state index < -0.39 is 11.0 Å². The quantitative estimate of drug-likeness (QED) is 0.159. The molecule has 4 N–H and O–H groups in total. The van der Waals surface area contributed by atoms with Gasteiger partial charge in [-0.15, -0.1) is 0 Å². The Balaban J connectivity index is 1.64. The first-order valence-corrected chi connectivity index (χ1v) is 15.8. The summed E-state index contributed by atoms with van der Waals surface area (Å²) in [6.45, 7) is 10.6. The van der Waals surface area contributed by atoms with Crippen LogP contribution in [0.25, 0.3) is 0 Å². The zero-order valence-electron chi connectivity index (χ0n) is 27.2. The number of ether oxygens (including phenoxy) is 1. The molecule has 0 aliphatic carbocycles. The van der Waals surface area contributed by atoms with E-state index in [-0.39, 0.29) is 36.8 Å². The van der Waals surface area contributed by atoms with Crippen LogP contribution < -0.4 is 21.3 Å². The van der Waals surface area contributed by atoms with E-state index in [4.69, 9.17) is 4.74 Å². The zero-order chi connectivity index (χ0) is 32.4. The maximum atomic E-state index is 12.7. The Kier molecular flexibility index (Phi) is 15.6. The van der Waals surface area contributed by atoms with Crippen LogP contribution in [0.3, 0.4) is 0 Å². The van der Waals surface area contributed by atoms with Crippen LogP contribution in [-0.4, -0.2) is 55.5 Å². The van der Waals surface area contributed by atoms with Crippen LogP contribution >= 0.6 is 0 Å². The summed E-state index contributed by atoms with van der Waals surface area (Å²) in [5.41, 5.74) is 1.64. The molecule has 9 nitrogen and oxygen atoms in total. The van der Waals surface area contributed by atoms with E-state index in [9.17, 15) is 19.2 Å². The lowest BCUT2D eigenvalue weighted by Gasteiger charge is -2.34. The van der Waals surface area contributed by atoms with Gasteiger partial charge in [-0.05, 0) is 69.2 Å². The minimum Gasteiger partial charge on any atom is -0.362 e. The molecule has 2 aromatic carbocycles. The number of aryl methyl sites for hydroxylation is 2. The first kappa shape index (κ1) is 36.5. The third kappa shape index (κ3) is 15.1. The van der Waals surface area contributed by atoms with Crippen LogP contribution in [0.5, 0.6) is 0 Å². The second-order valence-corrected chi connectivity index (χ2v) is 12.6. The zero-order valence-corrected chi connectivity index (χ0v) is 27.2. The molecule has 9 heteroatoms. The van der Waals surface area contributed by atoms with Gasteiger partial charge < -0.3 is 26.0 Å². The lowest BCUT2D eigenvalue weighted by Crippen LogP contribution is -2.49. The summed E-state index contributed by atoms with van der Waals surface area (Å²) in [5, 5.41) is 11.7. The number of carbonyl (C=O) groups is 4. The van der Waals surface area contributed by atoms with Crippen molar-refractivity contribution in [3.05, 3.63) is 65.7 Å². The molecule has 0 fully saturated rings. The molecule has 0 spiro atoms. The summed E-state index contributed by atoms with van der Waals surface area (Å²) in [7, 11) is 0. The number of benzene rings is 2. The highest BCUT2D eigenvalue weighted by molar-refractivity contribution is 5.92. The van der Waals surface area contributed by atoms with Gasteiger partial charge in [0, 0.05) is 36.2 Å². The number of hydrogen-bond acceptors (Lipinski definition) is 5. The maximum absolute atomic E-state index is 12.7. The Morgan fingerprint density at radius 3 is 2.02 bits per heavy atom. The Hall–Kier alpha value is -3.72. The number of hydrogen-bond donors (Lipinski definition) is 4. The molecular weight excluding hydrogens is 556 g/mol. The van der Waals surface area contributed by atoms with Gasteiger partial charge in [0.2, 0.25) is 23.6 Å². The van der Waals surface area contributed by atoms with E-state index in [0.717, 1.165) is 37.7 Å². The van der Waals surface area contributed by atoms with Gasteiger partial charge in [0.05, 0.1) is 0 Å². The van der Waals surface area contributed by atoms with Crippen LogP contribution in [0.15, 0.2) is 54.6 Å². The van der Waals surface area contributed by atoms with Gasteiger partial charge in [-0.1, -0.05) is 76.1 Å². The average Bonchev–Trinajstić information content (AvgIpc) is 2.97. The van der Waals surface area contributed by atoms with Gasteiger partial charge in [-0.2, -0.15) is 0 Å². The molecule has 0 aromatic heterocycles. The Morgan fingerprint density at radius 1 is 0.705 bits per heavy atom. The third-order valence-corrected chi connectivity index (χ3v) is 7.19. The van der Waals surface area contributed by atoms with Gasteiger partial charge in [-0.3, -0.25) is 19.2 Å². The van der Waals surface area contributed by atoms with E-state index in [0.29, 0.717) is 38.0 Å². The molecule has 0 bridgehead atoms. The van der Waals surface area contributed by atoms with Gasteiger partial charge in [0.25, 0.3) is 0 Å². The van der Waals surface area contributed by atoms with Crippen molar-refractivity contribution >= 4 is 29.3 Å². The van der Waals surface area contributed by atoms with Crippen molar-refractivity contribution in [1.82, 2.24) is 16.0 Å². The molecule has 4 amide bonds. The van der Waals surface area contributed by atoms with Crippen molar-refractivity contribution in [2.24, 2.45) is 5.41 Å². The number of unbranched alkanes of at least 4 members (excludes halogenated alkanes) is 2. The van der Waals surface area contributed by atoms with Crippen molar-refractivity contribution in [3.63, 3.8) is 0 Å². The second kappa shape index (κ2) is 18.8. The lowest BCUT2D eigenvalue weighted by atomic mass is 9.79. The monoisotopic (exact) mass is 608 g/mol. The smallest absolute Gasteiger partial charge is 0.250 e. The van der Waals surface area contributed by atoms with E-state index in [1.54, 1.807) is 12.1 Å². The molecule has 0 saturated carbocycles. The number of amides is 4. The molecule has 0 heterocycles. The standard InChI is InChI=1S/C35H52N4O5/c1-6-7-11-22-37-33(43)34(2,3)26-35(4,5)39-30(40)21-18-28-16-19-29(20-17-28)38-32(42)25-44-24-31(41)36-23-12-15-27-13-9-8-10-14-27/h8-10,13-14,16-17,19-20H,6-7,11-12,15,18,21-26H2,1-5H3,(H,36,41)(H,37,43)(H,38,42)(H,39,40). The summed E-state index contributed by atoms with van der Waals surface area (Å²) < 4.78 is 5.25. The van der Waals surface area contributed by atoms with E-state index >= 15 is 0 Å². The molecule has 242 valence electrons. The normalized spacial score (nSPS) is 11.5. The number of anilines is 1. The predicted molar refractivity (Wildman–Crippen MR) is 175 cm³/mol. The minimum absolute atomic E-state index is 0.00493. The highest BCUT2D eigenvalue weighted by Gasteiger charge is 2.35. The topological polar surface area (TPSA) is 126 Å². The van der Waals surface area contributed by atoms with E-state index in [2.05, 4.69) is 40.3 Å². The van der Waals surface area contributed by atoms with Gasteiger partial charge >= 0.3 is 0 Å². The third-order valence-electron chi connectivity index (χ3n) is 7.19.